The van der Waals surface area contributed by atoms with E-state index in [-0.39, 0.29) is 23.9 Å². The third-order valence-corrected chi connectivity index (χ3v) is 5.49. The van der Waals surface area contributed by atoms with E-state index in [1.807, 2.05) is 51.1 Å². The number of rotatable bonds is 6. The number of hydrogen-bond donors (Lipinski definition) is 1. The lowest BCUT2D eigenvalue weighted by Crippen LogP contribution is -2.46. The number of thiophene rings is 1. The number of benzene rings is 1. The van der Waals surface area contributed by atoms with E-state index in [0.717, 1.165) is 10.6 Å². The van der Waals surface area contributed by atoms with E-state index in [1.165, 1.54) is 9.78 Å². The van der Waals surface area contributed by atoms with Crippen molar-refractivity contribution in [2.75, 3.05) is 13.6 Å². The predicted octanol–water partition coefficient (Wildman–Crippen LogP) is 4.03. The maximum absolute atomic E-state index is 12.8. The van der Waals surface area contributed by atoms with Gasteiger partial charge in [-0.25, -0.2) is 0 Å². The molecular formula is C19H24N2O2S2. The highest BCUT2D eigenvalue weighted by Crippen LogP contribution is 2.28. The van der Waals surface area contributed by atoms with Gasteiger partial charge in [-0.05, 0) is 44.4 Å². The molecule has 2 rings (SSSR count). The molecule has 0 aliphatic rings. The van der Waals surface area contributed by atoms with Crippen LogP contribution in [-0.4, -0.2) is 35.8 Å². The summed E-state index contributed by atoms with van der Waals surface area (Å²) in [6.45, 7) is 5.80. The van der Waals surface area contributed by atoms with E-state index in [1.54, 1.807) is 30.1 Å². The summed E-state index contributed by atoms with van der Waals surface area (Å²) < 4.78 is 0. The molecule has 0 aliphatic heterocycles. The van der Waals surface area contributed by atoms with Crippen LogP contribution in [0, 0.1) is 0 Å². The van der Waals surface area contributed by atoms with Gasteiger partial charge in [0.05, 0.1) is 12.1 Å². The second-order valence-electron chi connectivity index (χ2n) is 6.82. The molecular weight excluding hydrogens is 352 g/mol. The zero-order valence-corrected chi connectivity index (χ0v) is 16.7. The summed E-state index contributed by atoms with van der Waals surface area (Å²) in [4.78, 5) is 28.5. The van der Waals surface area contributed by atoms with Gasteiger partial charge >= 0.3 is 0 Å². The molecule has 4 nitrogen and oxygen atoms in total. The van der Waals surface area contributed by atoms with Crippen LogP contribution in [0.3, 0.4) is 0 Å². The second kappa shape index (κ2) is 8.54. The Morgan fingerprint density at radius 1 is 1.16 bits per heavy atom. The summed E-state index contributed by atoms with van der Waals surface area (Å²) >= 11 is 3.35. The van der Waals surface area contributed by atoms with Crippen LogP contribution in [0.15, 0.2) is 46.7 Å². The summed E-state index contributed by atoms with van der Waals surface area (Å²) in [6.07, 6.45) is 0. The lowest BCUT2D eigenvalue weighted by molar-refractivity contribution is -0.122. The van der Waals surface area contributed by atoms with Crippen molar-refractivity contribution in [3.05, 3.63) is 52.2 Å². The van der Waals surface area contributed by atoms with Crippen molar-refractivity contribution >= 4 is 34.9 Å². The molecule has 0 unspecified atom stereocenters. The minimum Gasteiger partial charge on any atom is -0.350 e. The van der Waals surface area contributed by atoms with Gasteiger partial charge in [0.1, 0.15) is 0 Å². The van der Waals surface area contributed by atoms with Crippen molar-refractivity contribution in [1.29, 1.82) is 0 Å². The van der Waals surface area contributed by atoms with E-state index in [0.29, 0.717) is 5.56 Å². The number of thioether (sulfide) groups is 1. The highest BCUT2D eigenvalue weighted by molar-refractivity contribution is 7.98. The molecule has 0 radical (unpaired) electrons. The van der Waals surface area contributed by atoms with Crippen LogP contribution in [0.2, 0.25) is 0 Å². The Morgan fingerprint density at radius 3 is 2.52 bits per heavy atom. The first-order chi connectivity index (χ1) is 11.8. The molecule has 0 saturated carbocycles. The van der Waals surface area contributed by atoms with Gasteiger partial charge in [-0.3, -0.25) is 9.59 Å². The van der Waals surface area contributed by atoms with E-state index in [4.69, 9.17) is 0 Å². The van der Waals surface area contributed by atoms with Crippen LogP contribution < -0.4 is 5.32 Å². The summed E-state index contributed by atoms with van der Waals surface area (Å²) in [5.74, 6) is 0.529. The molecule has 134 valence electrons. The Balaban J connectivity index is 2.04. The van der Waals surface area contributed by atoms with E-state index >= 15 is 0 Å². The average Bonchev–Trinajstić information content (AvgIpc) is 3.04. The van der Waals surface area contributed by atoms with Crippen molar-refractivity contribution in [2.24, 2.45) is 0 Å². The van der Waals surface area contributed by atoms with Gasteiger partial charge in [0.25, 0.3) is 5.91 Å². The van der Waals surface area contributed by atoms with Crippen LogP contribution >= 0.6 is 23.1 Å². The van der Waals surface area contributed by atoms with Gasteiger partial charge in [-0.1, -0.05) is 18.2 Å². The SMILES string of the molecule is CN(CC(=O)NC(C)(C)C)C(=O)c1ccccc1SCc1cccs1. The zero-order chi connectivity index (χ0) is 18.4. The molecule has 2 aromatic rings. The molecule has 0 spiro atoms. The first-order valence-electron chi connectivity index (χ1n) is 8.07. The number of carbonyl (C=O) groups excluding carboxylic acids is 2. The van der Waals surface area contributed by atoms with Crippen LogP contribution in [-0.2, 0) is 10.5 Å². The third-order valence-electron chi connectivity index (χ3n) is 3.31. The fourth-order valence-electron chi connectivity index (χ4n) is 2.26. The van der Waals surface area contributed by atoms with Gasteiger partial charge in [-0.15, -0.1) is 23.1 Å². The molecule has 1 aromatic carbocycles. The van der Waals surface area contributed by atoms with Crippen molar-refractivity contribution in [3.8, 4) is 0 Å². The Labute approximate surface area is 157 Å². The Hall–Kier alpha value is -1.79. The van der Waals surface area contributed by atoms with E-state index in [9.17, 15) is 9.59 Å². The quantitative estimate of drug-likeness (QED) is 0.775. The summed E-state index contributed by atoms with van der Waals surface area (Å²) in [7, 11) is 1.66. The van der Waals surface area contributed by atoms with Gasteiger partial charge in [0.2, 0.25) is 5.91 Å². The number of carbonyl (C=O) groups is 2. The van der Waals surface area contributed by atoms with E-state index < -0.39 is 0 Å². The third kappa shape index (κ3) is 6.21. The summed E-state index contributed by atoms with van der Waals surface area (Å²) in [6, 6.07) is 11.7. The number of nitrogens with one attached hydrogen (secondary N) is 1. The minimum atomic E-state index is -0.310. The molecule has 1 aromatic heterocycles. The normalized spacial score (nSPS) is 11.2. The number of likely N-dealkylation sites (N-methyl/N-ethyl adjacent to an activating group) is 1. The van der Waals surface area contributed by atoms with Crippen LogP contribution in [0.4, 0.5) is 0 Å². The van der Waals surface area contributed by atoms with Gasteiger partial charge in [0.15, 0.2) is 0 Å². The maximum Gasteiger partial charge on any atom is 0.255 e. The van der Waals surface area contributed by atoms with Crippen molar-refractivity contribution in [1.82, 2.24) is 10.2 Å². The molecule has 0 atom stereocenters. The van der Waals surface area contributed by atoms with Crippen LogP contribution in [0.1, 0.15) is 36.0 Å². The highest BCUT2D eigenvalue weighted by Gasteiger charge is 2.20. The number of amides is 2. The molecule has 0 bridgehead atoms. The lowest BCUT2D eigenvalue weighted by atomic mass is 10.1. The Morgan fingerprint density at radius 2 is 1.88 bits per heavy atom. The average molecular weight is 377 g/mol. The molecule has 6 heteroatoms. The van der Waals surface area contributed by atoms with Gasteiger partial charge in [0, 0.05) is 28.1 Å². The monoisotopic (exact) mass is 376 g/mol. The van der Waals surface area contributed by atoms with Crippen molar-refractivity contribution < 1.29 is 9.59 Å². The first kappa shape index (κ1) is 19.5. The second-order valence-corrected chi connectivity index (χ2v) is 8.87. The summed E-state index contributed by atoms with van der Waals surface area (Å²) in [5, 5.41) is 4.93. The number of hydrogen-bond acceptors (Lipinski definition) is 4. The topological polar surface area (TPSA) is 49.4 Å². The zero-order valence-electron chi connectivity index (χ0n) is 15.0. The Kier molecular flexibility index (Phi) is 6.67. The van der Waals surface area contributed by atoms with Crippen LogP contribution in [0.5, 0.6) is 0 Å². The predicted molar refractivity (Wildman–Crippen MR) is 105 cm³/mol. The van der Waals surface area contributed by atoms with E-state index in [2.05, 4.69) is 16.8 Å². The van der Waals surface area contributed by atoms with Crippen molar-refractivity contribution in [2.45, 2.75) is 37.0 Å². The molecule has 1 heterocycles. The Bertz CT molecular complexity index is 721. The molecule has 0 fully saturated rings. The maximum atomic E-state index is 12.8. The standard InChI is InChI=1S/C19H24N2O2S2/c1-19(2,3)20-17(22)12-21(4)18(23)15-9-5-6-10-16(15)25-13-14-8-7-11-24-14/h5-11H,12-13H2,1-4H3,(H,20,22). The van der Waals surface area contributed by atoms with Crippen molar-refractivity contribution in [3.63, 3.8) is 0 Å². The van der Waals surface area contributed by atoms with Gasteiger partial charge in [-0.2, -0.15) is 0 Å². The van der Waals surface area contributed by atoms with Crippen LogP contribution in [0.25, 0.3) is 0 Å². The first-order valence-corrected chi connectivity index (χ1v) is 9.93. The molecule has 2 amide bonds. The minimum absolute atomic E-state index is 0.0417. The fourth-order valence-corrected chi connectivity index (χ4v) is 4.08. The highest BCUT2D eigenvalue weighted by atomic mass is 32.2. The largest absolute Gasteiger partial charge is 0.350 e. The molecule has 0 aliphatic carbocycles. The molecule has 25 heavy (non-hydrogen) atoms. The summed E-state index contributed by atoms with van der Waals surface area (Å²) in [5.41, 5.74) is 0.324. The molecule has 1 N–H and O–H groups in total. The smallest absolute Gasteiger partial charge is 0.255 e. The number of nitrogens with zero attached hydrogens (tertiary/aromatic N) is 1. The molecule has 0 saturated heterocycles. The van der Waals surface area contributed by atoms with Gasteiger partial charge < -0.3 is 10.2 Å². The lowest BCUT2D eigenvalue weighted by Gasteiger charge is -2.24. The fraction of sp³-hybridized carbons (Fsp3) is 0.368.